The van der Waals surface area contributed by atoms with Crippen molar-refractivity contribution in [2.75, 3.05) is 0 Å². The van der Waals surface area contributed by atoms with Gasteiger partial charge in [-0.05, 0) is 24.1 Å². The van der Waals surface area contributed by atoms with Crippen molar-refractivity contribution in [3.05, 3.63) is 60.0 Å². The summed E-state index contributed by atoms with van der Waals surface area (Å²) in [7, 11) is 0. The van der Waals surface area contributed by atoms with E-state index in [0.29, 0.717) is 24.6 Å². The first kappa shape index (κ1) is 12.4. The summed E-state index contributed by atoms with van der Waals surface area (Å²) in [6.45, 7) is 3.60. The summed E-state index contributed by atoms with van der Waals surface area (Å²) >= 11 is 0. The van der Waals surface area contributed by atoms with Crippen molar-refractivity contribution in [1.29, 1.82) is 0 Å². The van der Waals surface area contributed by atoms with Gasteiger partial charge in [0.05, 0.1) is 6.04 Å². The second-order valence-corrected chi connectivity index (χ2v) is 3.98. The zero-order valence-electron chi connectivity index (χ0n) is 9.84. The molecule has 1 aromatic heterocycles. The van der Waals surface area contributed by atoms with E-state index in [1.165, 1.54) is 12.1 Å². The first-order valence-corrected chi connectivity index (χ1v) is 5.62. The number of rotatable bonds is 5. The van der Waals surface area contributed by atoms with Crippen LogP contribution in [0.4, 0.5) is 4.39 Å². The summed E-state index contributed by atoms with van der Waals surface area (Å²) in [6.07, 6.45) is 2.78. The van der Waals surface area contributed by atoms with E-state index in [2.05, 4.69) is 16.7 Å². The van der Waals surface area contributed by atoms with Crippen LogP contribution in [-0.4, -0.2) is 10.1 Å². The van der Waals surface area contributed by atoms with Crippen molar-refractivity contribution in [1.82, 2.24) is 10.1 Å². The van der Waals surface area contributed by atoms with Gasteiger partial charge in [-0.1, -0.05) is 23.4 Å². The van der Waals surface area contributed by atoms with Gasteiger partial charge >= 0.3 is 0 Å². The van der Waals surface area contributed by atoms with E-state index in [1.54, 1.807) is 18.2 Å². The number of halogens is 1. The fourth-order valence-corrected chi connectivity index (χ4v) is 1.56. The molecule has 18 heavy (non-hydrogen) atoms. The topological polar surface area (TPSA) is 64.9 Å². The van der Waals surface area contributed by atoms with E-state index in [4.69, 9.17) is 10.3 Å². The second-order valence-electron chi connectivity index (χ2n) is 3.98. The van der Waals surface area contributed by atoms with Crippen LogP contribution in [0.15, 0.2) is 41.4 Å². The van der Waals surface area contributed by atoms with Crippen LogP contribution in [0, 0.1) is 5.82 Å². The Morgan fingerprint density at radius 3 is 2.78 bits per heavy atom. The monoisotopic (exact) mass is 247 g/mol. The highest BCUT2D eigenvalue weighted by atomic mass is 19.1. The minimum absolute atomic E-state index is 0.263. The Morgan fingerprint density at radius 1 is 1.39 bits per heavy atom. The molecule has 0 spiro atoms. The zero-order valence-corrected chi connectivity index (χ0v) is 9.84. The SMILES string of the molecule is C=CCC(N)c1nc(Cc2ccc(F)cc2)no1. The molecule has 0 fully saturated rings. The molecular weight excluding hydrogens is 233 g/mol. The van der Waals surface area contributed by atoms with Gasteiger partial charge in [-0.15, -0.1) is 6.58 Å². The highest BCUT2D eigenvalue weighted by Crippen LogP contribution is 2.14. The van der Waals surface area contributed by atoms with Crippen molar-refractivity contribution in [3.63, 3.8) is 0 Å². The summed E-state index contributed by atoms with van der Waals surface area (Å²) in [5.41, 5.74) is 6.73. The van der Waals surface area contributed by atoms with Crippen LogP contribution in [0.5, 0.6) is 0 Å². The van der Waals surface area contributed by atoms with E-state index >= 15 is 0 Å². The lowest BCUT2D eigenvalue weighted by Gasteiger charge is -2.00. The minimum Gasteiger partial charge on any atom is -0.338 e. The van der Waals surface area contributed by atoms with Gasteiger partial charge in [0, 0.05) is 6.42 Å². The highest BCUT2D eigenvalue weighted by molar-refractivity contribution is 5.19. The van der Waals surface area contributed by atoms with Crippen LogP contribution in [0.1, 0.15) is 29.7 Å². The highest BCUT2D eigenvalue weighted by Gasteiger charge is 2.13. The largest absolute Gasteiger partial charge is 0.338 e. The third-order valence-corrected chi connectivity index (χ3v) is 2.50. The van der Waals surface area contributed by atoms with Crippen molar-refractivity contribution >= 4 is 0 Å². The first-order valence-electron chi connectivity index (χ1n) is 5.62. The van der Waals surface area contributed by atoms with E-state index in [0.717, 1.165) is 5.56 Å². The van der Waals surface area contributed by atoms with Crippen molar-refractivity contribution in [2.45, 2.75) is 18.9 Å². The molecule has 0 bridgehead atoms. The number of hydrogen-bond acceptors (Lipinski definition) is 4. The van der Waals surface area contributed by atoms with Crippen LogP contribution in [0.3, 0.4) is 0 Å². The number of nitrogens with two attached hydrogens (primary N) is 1. The Balaban J connectivity index is 2.06. The summed E-state index contributed by atoms with van der Waals surface area (Å²) in [6, 6.07) is 5.86. The third kappa shape index (κ3) is 3.01. The predicted octanol–water partition coefficient (Wildman–Crippen LogP) is 2.38. The number of nitrogens with zero attached hydrogens (tertiary/aromatic N) is 2. The summed E-state index contributed by atoms with van der Waals surface area (Å²) in [5.74, 6) is 0.670. The number of benzene rings is 1. The van der Waals surface area contributed by atoms with Crippen LogP contribution >= 0.6 is 0 Å². The molecule has 0 saturated heterocycles. The average Bonchev–Trinajstić information content (AvgIpc) is 2.81. The van der Waals surface area contributed by atoms with E-state index in [-0.39, 0.29) is 11.9 Å². The quantitative estimate of drug-likeness (QED) is 0.824. The van der Waals surface area contributed by atoms with E-state index in [9.17, 15) is 4.39 Å². The molecule has 2 N–H and O–H groups in total. The van der Waals surface area contributed by atoms with Gasteiger partial charge in [-0.3, -0.25) is 0 Å². The van der Waals surface area contributed by atoms with Crippen molar-refractivity contribution < 1.29 is 8.91 Å². The van der Waals surface area contributed by atoms with Crippen LogP contribution in [0.25, 0.3) is 0 Å². The molecule has 0 saturated carbocycles. The van der Waals surface area contributed by atoms with Crippen LogP contribution in [0.2, 0.25) is 0 Å². The number of hydrogen-bond donors (Lipinski definition) is 1. The summed E-state index contributed by atoms with van der Waals surface area (Å²) < 4.78 is 17.8. The van der Waals surface area contributed by atoms with Gasteiger partial charge in [0.15, 0.2) is 5.82 Å². The first-order chi connectivity index (χ1) is 8.69. The molecule has 0 radical (unpaired) electrons. The average molecular weight is 247 g/mol. The Kier molecular flexibility index (Phi) is 3.84. The molecule has 94 valence electrons. The van der Waals surface area contributed by atoms with Crippen molar-refractivity contribution in [2.24, 2.45) is 5.73 Å². The molecule has 1 atom stereocenters. The Bertz CT molecular complexity index is 521. The maximum Gasteiger partial charge on any atom is 0.243 e. The molecule has 2 rings (SSSR count). The second kappa shape index (κ2) is 5.55. The fourth-order valence-electron chi connectivity index (χ4n) is 1.56. The van der Waals surface area contributed by atoms with Gasteiger partial charge in [-0.2, -0.15) is 4.98 Å². The van der Waals surface area contributed by atoms with E-state index in [1.807, 2.05) is 0 Å². The van der Waals surface area contributed by atoms with Crippen LogP contribution in [-0.2, 0) is 6.42 Å². The Hall–Kier alpha value is -2.01. The molecule has 0 aliphatic heterocycles. The molecule has 2 aromatic rings. The van der Waals surface area contributed by atoms with Crippen molar-refractivity contribution in [3.8, 4) is 0 Å². The molecule has 5 heteroatoms. The molecule has 1 aromatic carbocycles. The maximum atomic E-state index is 12.7. The fraction of sp³-hybridized carbons (Fsp3) is 0.231. The minimum atomic E-state index is -0.322. The molecule has 0 aliphatic carbocycles. The smallest absolute Gasteiger partial charge is 0.243 e. The predicted molar refractivity (Wildman–Crippen MR) is 65.2 cm³/mol. The van der Waals surface area contributed by atoms with Gasteiger partial charge in [-0.25, -0.2) is 4.39 Å². The summed E-state index contributed by atoms with van der Waals surface area (Å²) in [5, 5.41) is 3.84. The molecule has 1 heterocycles. The molecule has 4 nitrogen and oxygen atoms in total. The Morgan fingerprint density at radius 2 is 2.11 bits per heavy atom. The lowest BCUT2D eigenvalue weighted by Crippen LogP contribution is -2.09. The third-order valence-electron chi connectivity index (χ3n) is 2.50. The Labute approximate surface area is 104 Å². The zero-order chi connectivity index (χ0) is 13.0. The van der Waals surface area contributed by atoms with E-state index < -0.39 is 0 Å². The lowest BCUT2D eigenvalue weighted by atomic mass is 10.1. The summed E-state index contributed by atoms with van der Waals surface area (Å²) in [4.78, 5) is 4.20. The number of aromatic nitrogens is 2. The maximum absolute atomic E-state index is 12.7. The molecule has 0 amide bonds. The van der Waals surface area contributed by atoms with Gasteiger partial charge in [0.25, 0.3) is 0 Å². The standard InChI is InChI=1S/C13H14FN3O/c1-2-3-11(15)13-16-12(17-18-13)8-9-4-6-10(14)7-5-9/h2,4-7,11H,1,3,8,15H2. The molecular formula is C13H14FN3O. The van der Waals surface area contributed by atoms with Gasteiger partial charge in [0.2, 0.25) is 5.89 Å². The molecule has 0 aliphatic rings. The van der Waals surface area contributed by atoms with Gasteiger partial charge in [0.1, 0.15) is 5.82 Å². The molecule has 1 unspecified atom stereocenters. The van der Waals surface area contributed by atoms with Gasteiger partial charge < -0.3 is 10.3 Å². The normalized spacial score (nSPS) is 12.3. The lowest BCUT2D eigenvalue weighted by molar-refractivity contribution is 0.352. The van der Waals surface area contributed by atoms with Crippen LogP contribution < -0.4 is 5.73 Å².